The van der Waals surface area contributed by atoms with Gasteiger partial charge in [0.25, 0.3) is 5.92 Å². The van der Waals surface area contributed by atoms with Crippen LogP contribution in [0.1, 0.15) is 110 Å². The van der Waals surface area contributed by atoms with E-state index in [9.17, 15) is 23.2 Å². The summed E-state index contributed by atoms with van der Waals surface area (Å²) < 4.78 is 33.8. The molecular weight excluding hydrogens is 786 g/mol. The molecule has 2 heterocycles. The first-order valence-electron chi connectivity index (χ1n) is 21.1. The Morgan fingerprint density at radius 3 is 2.08 bits per heavy atom. The average Bonchev–Trinajstić information content (AvgIpc) is 3.24. The number of hydrogen-bond donors (Lipinski definition) is 0. The highest BCUT2D eigenvalue weighted by atomic mass is 32.2. The topological polar surface area (TPSA) is 73.4 Å². The molecule has 2 fully saturated rings. The third kappa shape index (κ3) is 15.6. The van der Waals surface area contributed by atoms with Gasteiger partial charge in [-0.2, -0.15) is 10.5 Å². The first kappa shape index (κ1) is 51.3. The van der Waals surface area contributed by atoms with Crippen LogP contribution in [-0.2, 0) is 15.5 Å². The summed E-state index contributed by atoms with van der Waals surface area (Å²) in [6.07, 6.45) is 9.34. The van der Waals surface area contributed by atoms with Crippen LogP contribution in [-0.4, -0.2) is 101 Å². The Kier molecular flexibility index (Phi) is 22.4. The zero-order chi connectivity index (χ0) is 44.3. The first-order valence-corrected chi connectivity index (χ1v) is 23.4. The summed E-state index contributed by atoms with van der Waals surface area (Å²) in [5, 5.41) is 5.02. The van der Waals surface area contributed by atoms with E-state index in [0.29, 0.717) is 49.7 Å². The number of urea groups is 1. The molecule has 5 unspecified atom stereocenters. The van der Waals surface area contributed by atoms with Crippen molar-refractivity contribution >= 4 is 53.9 Å². The molecule has 2 aromatic carbocycles. The van der Waals surface area contributed by atoms with Crippen molar-refractivity contribution in [3.05, 3.63) is 90.4 Å². The van der Waals surface area contributed by atoms with Gasteiger partial charge in [-0.3, -0.25) is 14.5 Å². The molecule has 59 heavy (non-hydrogen) atoms. The number of carbonyl (C=O) groups excluding carboxylic acids is 3. The minimum absolute atomic E-state index is 0.0131. The molecule has 0 N–H and O–H groups in total. The number of halogens is 2. The van der Waals surface area contributed by atoms with Crippen molar-refractivity contribution in [2.45, 2.75) is 105 Å². The average molecular weight is 857 g/mol. The number of allylic oxidation sites excluding steroid dienone is 1. The second-order valence-corrected chi connectivity index (χ2v) is 17.6. The van der Waals surface area contributed by atoms with E-state index in [1.807, 2.05) is 65.3 Å². The van der Waals surface area contributed by atoms with Crippen molar-refractivity contribution in [3.63, 3.8) is 0 Å². The summed E-state index contributed by atoms with van der Waals surface area (Å²) in [6.45, 7) is 28.8. The summed E-state index contributed by atoms with van der Waals surface area (Å²) in [5.41, 5.74) is 1.98. The number of likely N-dealkylation sites (tertiary alicyclic amines) is 2. The van der Waals surface area contributed by atoms with Gasteiger partial charge in [-0.1, -0.05) is 70.0 Å². The number of nitrogens with zero attached hydrogens (tertiary/aromatic N) is 4. The van der Waals surface area contributed by atoms with Gasteiger partial charge in [0.1, 0.15) is 5.75 Å². The molecule has 4 rings (SSSR count). The second kappa shape index (κ2) is 25.7. The summed E-state index contributed by atoms with van der Waals surface area (Å²) in [4.78, 5) is 45.0. The maximum atomic E-state index is 14.0. The van der Waals surface area contributed by atoms with Crippen LogP contribution in [0.15, 0.2) is 73.7 Å². The van der Waals surface area contributed by atoms with Crippen molar-refractivity contribution < 1.29 is 27.9 Å². The van der Waals surface area contributed by atoms with Crippen LogP contribution >= 0.6 is 19.7 Å². The van der Waals surface area contributed by atoms with Crippen LogP contribution in [0.3, 0.4) is 0 Å². The van der Waals surface area contributed by atoms with Crippen LogP contribution in [0.4, 0.5) is 13.6 Å². The molecule has 5 atom stereocenters. The molecule has 0 aliphatic carbocycles. The first-order chi connectivity index (χ1) is 28.0. The molecule has 0 aromatic heterocycles. The lowest BCUT2D eigenvalue weighted by Gasteiger charge is -2.40. The van der Waals surface area contributed by atoms with Gasteiger partial charge in [-0.05, 0) is 99.8 Å². The smallest absolute Gasteiger partial charge is 0.324 e. The molecule has 2 saturated heterocycles. The molecule has 0 radical (unpaired) electrons. The zero-order valence-corrected chi connectivity index (χ0v) is 39.0. The predicted molar refractivity (Wildman–Crippen MR) is 250 cm³/mol. The molecule has 8 nitrogen and oxygen atoms in total. The Bertz CT molecular complexity index is 1720. The Balaban J connectivity index is 0.000000412. The number of amides is 4. The molecule has 0 spiro atoms. The molecule has 2 aliphatic heterocycles. The molecule has 2 aromatic rings. The number of hydrogen-bond acceptors (Lipinski definition) is 4. The maximum absolute atomic E-state index is 14.0. The quantitative estimate of drug-likeness (QED) is 0.108. The Morgan fingerprint density at radius 2 is 1.58 bits per heavy atom. The minimum Gasteiger partial charge on any atom is -0.493 e. The number of carbonyl (C=O) groups is 3. The van der Waals surface area contributed by atoms with Crippen LogP contribution in [0.5, 0.6) is 5.75 Å². The van der Waals surface area contributed by atoms with Gasteiger partial charge >= 0.3 is 6.03 Å². The van der Waals surface area contributed by atoms with Gasteiger partial charge in [-0.25, -0.2) is 13.6 Å². The highest BCUT2D eigenvalue weighted by Crippen LogP contribution is 2.38. The van der Waals surface area contributed by atoms with Gasteiger partial charge in [0, 0.05) is 81.4 Å². The Hall–Kier alpha value is -3.82. The largest absolute Gasteiger partial charge is 0.493 e. The van der Waals surface area contributed by atoms with Gasteiger partial charge in [-0.15, -0.1) is 9.24 Å². The lowest BCUT2D eigenvalue weighted by atomic mass is 9.92. The standard InChI is InChI=1S/C28H37F2N2O2P.C13H24N2O2.C6H10S/c1-6-34-26-18-23(28(5,29)30)12-15-25(26)21(4)32(27(33)31-16-8-7-9-17-31)20(3)19(2)22-10-13-24(35)14-11-22;1-4-12(16)15-9-7-8-11(10-15)13(17)14(5-2)6-3;1-4-6-7(3)5-2/h10-15,18-20H,4,6-9,16-17,35H2,1-3,5H3;11H,4-10H2,1-3H3;4-6H,1-2H2,3H3. The van der Waals surface area contributed by atoms with E-state index >= 15 is 0 Å². The number of benzene rings is 2. The predicted octanol–water partition coefficient (Wildman–Crippen LogP) is 10.3. The van der Waals surface area contributed by atoms with E-state index in [1.165, 1.54) is 12.1 Å². The molecule has 0 saturated carbocycles. The minimum atomic E-state index is -3.00. The molecule has 328 valence electrons. The fraction of sp³-hybridized carbons (Fsp3) is 0.532. The number of ether oxygens (including phenoxy) is 1. The Labute approximate surface area is 359 Å². The third-order valence-electron chi connectivity index (χ3n) is 10.9. The molecule has 0 bridgehead atoms. The summed E-state index contributed by atoms with van der Waals surface area (Å²) in [6, 6.07) is 12.2. The van der Waals surface area contributed by atoms with E-state index in [4.69, 9.17) is 4.74 Å². The van der Waals surface area contributed by atoms with Crippen molar-refractivity contribution in [2.24, 2.45) is 5.92 Å². The summed E-state index contributed by atoms with van der Waals surface area (Å²) in [5.74, 6) is -2.29. The van der Waals surface area contributed by atoms with E-state index in [1.54, 1.807) is 24.0 Å². The summed E-state index contributed by atoms with van der Waals surface area (Å²) in [7, 11) is 2.93. The van der Waals surface area contributed by atoms with Crippen LogP contribution in [0.25, 0.3) is 5.70 Å². The Morgan fingerprint density at radius 1 is 0.966 bits per heavy atom. The van der Waals surface area contributed by atoms with E-state index in [2.05, 4.69) is 54.3 Å². The van der Waals surface area contributed by atoms with E-state index in [0.717, 1.165) is 69.5 Å². The van der Waals surface area contributed by atoms with Crippen molar-refractivity contribution in [1.82, 2.24) is 19.6 Å². The monoisotopic (exact) mass is 856 g/mol. The second-order valence-electron chi connectivity index (χ2n) is 15.1. The lowest BCUT2D eigenvalue weighted by molar-refractivity contribution is -0.140. The van der Waals surface area contributed by atoms with Gasteiger partial charge < -0.3 is 19.4 Å². The maximum Gasteiger partial charge on any atom is 0.324 e. The van der Waals surface area contributed by atoms with Crippen LogP contribution in [0.2, 0.25) is 0 Å². The van der Waals surface area contributed by atoms with Gasteiger partial charge in [0.05, 0.1) is 12.5 Å². The highest BCUT2D eigenvalue weighted by Gasteiger charge is 2.34. The fourth-order valence-corrected chi connectivity index (χ4v) is 7.75. The van der Waals surface area contributed by atoms with Crippen LogP contribution in [0, 0.1) is 5.92 Å². The lowest BCUT2D eigenvalue weighted by Crippen LogP contribution is -2.49. The molecule has 4 amide bonds. The molecular formula is C47H71F2N4O4PS. The van der Waals surface area contributed by atoms with Gasteiger partial charge in [0.15, 0.2) is 0 Å². The number of alkyl halides is 2. The highest BCUT2D eigenvalue weighted by molar-refractivity contribution is 8.17. The van der Waals surface area contributed by atoms with Crippen molar-refractivity contribution in [1.29, 1.82) is 0 Å². The number of piperidine rings is 2. The molecule has 12 heteroatoms. The van der Waals surface area contributed by atoms with Crippen molar-refractivity contribution in [3.8, 4) is 5.75 Å². The van der Waals surface area contributed by atoms with E-state index < -0.39 is 5.92 Å². The van der Waals surface area contributed by atoms with Crippen molar-refractivity contribution in [2.75, 3.05) is 52.1 Å². The number of rotatable bonds is 14. The van der Waals surface area contributed by atoms with Crippen LogP contribution < -0.4 is 10.0 Å². The summed E-state index contributed by atoms with van der Waals surface area (Å²) >= 11 is 0. The zero-order valence-electron chi connectivity index (χ0n) is 37.0. The van der Waals surface area contributed by atoms with E-state index in [-0.39, 0.29) is 51.8 Å². The fourth-order valence-electron chi connectivity index (χ4n) is 7.14. The normalized spacial score (nSPS) is 16.8. The molecule has 2 aliphatic rings. The van der Waals surface area contributed by atoms with Gasteiger partial charge in [0.2, 0.25) is 11.8 Å². The third-order valence-corrected chi connectivity index (χ3v) is 12.4. The SMILES string of the molecule is C=C(c1ccc(C(C)(F)F)cc1OCC)N(C(=O)N1CCCCC1)C(C)C(C)c1ccc(P)cc1.C=C/C=S(/C)C=C.CCC(=O)N1CCCC(C(=O)N(CC)CC)C1.